The third-order valence-electron chi connectivity index (χ3n) is 2.86. The van der Waals surface area contributed by atoms with Crippen LogP contribution >= 0.6 is 22.9 Å². The van der Waals surface area contributed by atoms with E-state index in [1.165, 1.54) is 0 Å². The molecule has 0 aliphatic rings. The first-order chi connectivity index (χ1) is 9.67. The highest BCUT2D eigenvalue weighted by atomic mass is 35.5. The van der Waals surface area contributed by atoms with Crippen LogP contribution < -0.4 is 10.1 Å². The molecule has 1 heterocycles. The molecule has 0 amide bonds. The molecule has 0 spiro atoms. The molecule has 5 heteroatoms. The van der Waals surface area contributed by atoms with Gasteiger partial charge in [-0.1, -0.05) is 24.6 Å². The third-order valence-corrected chi connectivity index (χ3v) is 3.92. The zero-order chi connectivity index (χ0) is 14.4. The summed E-state index contributed by atoms with van der Waals surface area (Å²) < 4.78 is 5.81. The van der Waals surface area contributed by atoms with Gasteiger partial charge in [0, 0.05) is 22.9 Å². The fraction of sp³-hybridized carbons (Fsp3) is 0.400. The van der Waals surface area contributed by atoms with Crippen LogP contribution in [0, 0.1) is 6.92 Å². The highest BCUT2D eigenvalue weighted by Gasteiger charge is 2.11. The molecular weight excluding hydrogens is 292 g/mol. The Labute approximate surface area is 129 Å². The maximum Gasteiger partial charge on any atom is 0.120 e. The molecule has 0 bridgehead atoms. The van der Waals surface area contributed by atoms with Crippen LogP contribution in [-0.4, -0.2) is 24.2 Å². The van der Waals surface area contributed by atoms with Crippen molar-refractivity contribution in [3.63, 3.8) is 0 Å². The normalized spacial score (nSPS) is 12.3. The maximum atomic E-state index is 5.95. The van der Waals surface area contributed by atoms with Gasteiger partial charge in [-0.05, 0) is 31.7 Å². The minimum atomic E-state index is 0.250. The molecule has 0 aliphatic heterocycles. The molecule has 0 radical (unpaired) electrons. The number of benzene rings is 1. The third kappa shape index (κ3) is 4.78. The van der Waals surface area contributed by atoms with Crippen molar-refractivity contribution in [2.75, 3.05) is 13.2 Å². The number of nitrogens with zero attached hydrogens (tertiary/aromatic N) is 1. The van der Waals surface area contributed by atoms with Crippen molar-refractivity contribution in [2.45, 2.75) is 26.3 Å². The second-order valence-corrected chi connectivity index (χ2v) is 6.08. The van der Waals surface area contributed by atoms with Crippen LogP contribution in [0.25, 0.3) is 0 Å². The van der Waals surface area contributed by atoms with E-state index < -0.39 is 0 Å². The Morgan fingerprint density at radius 1 is 1.45 bits per heavy atom. The Hall–Kier alpha value is -1.10. The summed E-state index contributed by atoms with van der Waals surface area (Å²) in [5.41, 5.74) is 1.12. The summed E-state index contributed by atoms with van der Waals surface area (Å²) in [5, 5.41) is 7.34. The molecule has 1 unspecified atom stereocenters. The van der Waals surface area contributed by atoms with Gasteiger partial charge in [0.15, 0.2) is 0 Å². The van der Waals surface area contributed by atoms with Crippen molar-refractivity contribution in [3.8, 4) is 5.75 Å². The lowest BCUT2D eigenvalue weighted by Crippen LogP contribution is -2.36. The van der Waals surface area contributed by atoms with E-state index in [1.807, 2.05) is 31.2 Å². The van der Waals surface area contributed by atoms with Crippen LogP contribution in [0.4, 0.5) is 0 Å². The molecule has 1 atom stereocenters. The van der Waals surface area contributed by atoms with Gasteiger partial charge in [-0.2, -0.15) is 0 Å². The average molecular weight is 311 g/mol. The molecule has 1 aromatic carbocycles. The molecule has 0 fully saturated rings. The van der Waals surface area contributed by atoms with Crippen molar-refractivity contribution in [1.82, 2.24) is 10.3 Å². The van der Waals surface area contributed by atoms with Gasteiger partial charge in [0.2, 0.25) is 0 Å². The SMILES string of the molecule is CCNC(COc1cccc(Cl)c1)Cc1csc(C)n1. The van der Waals surface area contributed by atoms with Crippen LogP contribution in [-0.2, 0) is 6.42 Å². The van der Waals surface area contributed by atoms with Crippen molar-refractivity contribution in [2.24, 2.45) is 0 Å². The number of rotatable bonds is 7. The lowest BCUT2D eigenvalue weighted by atomic mass is 10.2. The maximum absolute atomic E-state index is 5.95. The van der Waals surface area contributed by atoms with Crippen molar-refractivity contribution >= 4 is 22.9 Å². The zero-order valence-electron chi connectivity index (χ0n) is 11.7. The summed E-state index contributed by atoms with van der Waals surface area (Å²) in [6.45, 7) is 5.63. The lowest BCUT2D eigenvalue weighted by Gasteiger charge is -2.17. The largest absolute Gasteiger partial charge is 0.492 e. The Morgan fingerprint density at radius 3 is 2.95 bits per heavy atom. The van der Waals surface area contributed by atoms with Crippen molar-refractivity contribution in [1.29, 1.82) is 0 Å². The first-order valence-corrected chi connectivity index (χ1v) is 7.96. The number of hydrogen-bond acceptors (Lipinski definition) is 4. The van der Waals surface area contributed by atoms with Crippen molar-refractivity contribution < 1.29 is 4.74 Å². The molecule has 0 aliphatic carbocycles. The fourth-order valence-corrected chi connectivity index (χ4v) is 2.79. The Kier molecular flexibility index (Phi) is 5.83. The highest BCUT2D eigenvalue weighted by molar-refractivity contribution is 7.09. The number of likely N-dealkylation sites (N-methyl/N-ethyl adjacent to an activating group) is 1. The molecule has 2 rings (SSSR count). The number of ether oxygens (including phenoxy) is 1. The molecule has 1 N–H and O–H groups in total. The van der Waals surface area contributed by atoms with E-state index in [1.54, 1.807) is 11.3 Å². The minimum Gasteiger partial charge on any atom is -0.492 e. The van der Waals surface area contributed by atoms with E-state index in [-0.39, 0.29) is 6.04 Å². The number of thiazole rings is 1. The van der Waals surface area contributed by atoms with Gasteiger partial charge in [0.1, 0.15) is 12.4 Å². The molecule has 20 heavy (non-hydrogen) atoms. The zero-order valence-corrected chi connectivity index (χ0v) is 13.3. The molecule has 2 aromatic rings. The number of aryl methyl sites for hydroxylation is 1. The van der Waals surface area contributed by atoms with Gasteiger partial charge in [-0.25, -0.2) is 4.98 Å². The van der Waals surface area contributed by atoms with E-state index in [0.717, 1.165) is 29.4 Å². The first kappa shape index (κ1) is 15.3. The Bertz CT molecular complexity index is 544. The summed E-state index contributed by atoms with van der Waals surface area (Å²) in [7, 11) is 0. The Morgan fingerprint density at radius 2 is 2.30 bits per heavy atom. The van der Waals surface area contributed by atoms with E-state index in [2.05, 4.69) is 22.6 Å². The first-order valence-electron chi connectivity index (χ1n) is 6.70. The standard InChI is InChI=1S/C15H19ClN2OS/c1-3-17-13(8-14-10-20-11(2)18-14)9-19-15-6-4-5-12(16)7-15/h4-7,10,13,17H,3,8-9H2,1-2H3. The predicted octanol–water partition coefficient (Wildman–Crippen LogP) is 3.70. The monoisotopic (exact) mass is 310 g/mol. The molecule has 1 aromatic heterocycles. The predicted molar refractivity (Wildman–Crippen MR) is 85.0 cm³/mol. The highest BCUT2D eigenvalue weighted by Crippen LogP contribution is 2.17. The molecule has 108 valence electrons. The van der Waals surface area contributed by atoms with Gasteiger partial charge in [-0.3, -0.25) is 0 Å². The van der Waals surface area contributed by atoms with E-state index in [9.17, 15) is 0 Å². The molecular formula is C15H19ClN2OS. The second kappa shape index (κ2) is 7.62. The summed E-state index contributed by atoms with van der Waals surface area (Å²) >= 11 is 7.63. The second-order valence-electron chi connectivity index (χ2n) is 4.58. The van der Waals surface area contributed by atoms with E-state index in [0.29, 0.717) is 11.6 Å². The number of aromatic nitrogens is 1. The Balaban J connectivity index is 1.91. The smallest absolute Gasteiger partial charge is 0.120 e. The van der Waals surface area contributed by atoms with Crippen LogP contribution in [0.15, 0.2) is 29.6 Å². The van der Waals surface area contributed by atoms with Gasteiger partial charge < -0.3 is 10.1 Å². The summed E-state index contributed by atoms with van der Waals surface area (Å²) in [4.78, 5) is 4.50. The minimum absolute atomic E-state index is 0.250. The lowest BCUT2D eigenvalue weighted by molar-refractivity contribution is 0.264. The number of nitrogens with one attached hydrogen (secondary N) is 1. The number of halogens is 1. The van der Waals surface area contributed by atoms with Gasteiger partial charge in [0.05, 0.1) is 10.7 Å². The van der Waals surface area contributed by atoms with Crippen LogP contribution in [0.3, 0.4) is 0 Å². The number of hydrogen-bond donors (Lipinski definition) is 1. The van der Waals surface area contributed by atoms with E-state index in [4.69, 9.17) is 16.3 Å². The van der Waals surface area contributed by atoms with E-state index >= 15 is 0 Å². The molecule has 0 saturated carbocycles. The van der Waals surface area contributed by atoms with Crippen LogP contribution in [0.2, 0.25) is 5.02 Å². The summed E-state index contributed by atoms with van der Waals surface area (Å²) in [6, 6.07) is 7.73. The van der Waals surface area contributed by atoms with Crippen molar-refractivity contribution in [3.05, 3.63) is 45.4 Å². The van der Waals surface area contributed by atoms with Crippen LogP contribution in [0.5, 0.6) is 5.75 Å². The fourth-order valence-electron chi connectivity index (χ4n) is 1.99. The summed E-state index contributed by atoms with van der Waals surface area (Å²) in [5.74, 6) is 0.801. The van der Waals surface area contributed by atoms with Crippen LogP contribution in [0.1, 0.15) is 17.6 Å². The van der Waals surface area contributed by atoms with Gasteiger partial charge in [-0.15, -0.1) is 11.3 Å². The summed E-state index contributed by atoms with van der Waals surface area (Å²) in [6.07, 6.45) is 0.874. The average Bonchev–Trinajstić information content (AvgIpc) is 2.82. The molecule has 0 saturated heterocycles. The molecule has 3 nitrogen and oxygen atoms in total. The van der Waals surface area contributed by atoms with Gasteiger partial charge in [0.25, 0.3) is 0 Å². The van der Waals surface area contributed by atoms with Gasteiger partial charge >= 0.3 is 0 Å². The quantitative estimate of drug-likeness (QED) is 0.846. The topological polar surface area (TPSA) is 34.1 Å².